The number of rotatable bonds is 16. The van der Waals surface area contributed by atoms with Crippen LogP contribution in [0.2, 0.25) is 0 Å². The third kappa shape index (κ3) is 21.1. The van der Waals surface area contributed by atoms with Crippen LogP contribution in [0.3, 0.4) is 0 Å². The molecular formula is C68H116O21. The molecule has 21 nitrogen and oxygen atoms in total. The Morgan fingerprint density at radius 2 is 0.876 bits per heavy atom. The topological polar surface area (TPSA) is 272 Å². The molecule has 0 radical (unpaired) electrons. The van der Waals surface area contributed by atoms with Crippen LogP contribution in [0.15, 0.2) is 0 Å². The van der Waals surface area contributed by atoms with E-state index in [1.54, 1.807) is 55.4 Å². The van der Waals surface area contributed by atoms with Crippen LogP contribution in [0.4, 0.5) is 0 Å². The van der Waals surface area contributed by atoms with Gasteiger partial charge < -0.3 is 52.1 Å². The lowest BCUT2D eigenvalue weighted by atomic mass is 9.81. The van der Waals surface area contributed by atoms with E-state index in [1.807, 2.05) is 138 Å². The second-order valence-corrected chi connectivity index (χ2v) is 30.8. The van der Waals surface area contributed by atoms with Gasteiger partial charge >= 0.3 is 59.7 Å². The average Bonchev–Trinajstić information content (AvgIpc) is 1.76. The molecule has 7 unspecified atom stereocenters. The van der Waals surface area contributed by atoms with Crippen molar-refractivity contribution in [2.24, 2.45) is 32.5 Å². The number of hydrogen-bond donors (Lipinski definition) is 0. The number of hydrogen-bond acceptors (Lipinski definition) is 21. The fourth-order valence-electron chi connectivity index (χ4n) is 9.43. The lowest BCUT2D eigenvalue weighted by Gasteiger charge is -2.38. The fourth-order valence-corrected chi connectivity index (χ4v) is 9.43. The highest BCUT2D eigenvalue weighted by atomic mass is 16.7. The molecule has 0 spiro atoms. The number of esters is 10. The second kappa shape index (κ2) is 29.5. The minimum absolute atomic E-state index is 0.0231. The average molecular weight is 1270 g/mol. The summed E-state index contributed by atoms with van der Waals surface area (Å²) in [5.41, 5.74) is -8.87. The van der Waals surface area contributed by atoms with E-state index >= 15 is 0 Å². The molecule has 0 bridgehead atoms. The van der Waals surface area contributed by atoms with Gasteiger partial charge in [0, 0.05) is 20.0 Å². The summed E-state index contributed by atoms with van der Waals surface area (Å²) < 4.78 is 57.9. The van der Waals surface area contributed by atoms with Crippen LogP contribution in [0.1, 0.15) is 271 Å². The molecule has 6 aliphatic heterocycles. The Balaban J connectivity index is 0.000000541. The predicted molar refractivity (Wildman–Crippen MR) is 332 cm³/mol. The van der Waals surface area contributed by atoms with Gasteiger partial charge in [-0.15, -0.1) is 0 Å². The zero-order valence-corrected chi connectivity index (χ0v) is 60.1. The fraction of sp³-hybridized carbons (Fsp3) is 0.853. The van der Waals surface area contributed by atoms with Gasteiger partial charge in [0.25, 0.3) is 0 Å². The van der Waals surface area contributed by atoms with Gasteiger partial charge in [0.2, 0.25) is 5.60 Å². The van der Waals surface area contributed by atoms with Gasteiger partial charge in [-0.2, -0.15) is 0 Å². The Labute approximate surface area is 532 Å². The number of ether oxygens (including phenoxy) is 11. The monoisotopic (exact) mass is 1270 g/mol. The molecule has 21 heteroatoms. The molecule has 89 heavy (non-hydrogen) atoms. The largest absolute Gasteiger partial charge is 0.465 e. The highest BCUT2D eigenvalue weighted by Crippen LogP contribution is 2.45. The Kier molecular flexibility index (Phi) is 27.1. The van der Waals surface area contributed by atoms with Crippen molar-refractivity contribution in [1.29, 1.82) is 0 Å². The van der Waals surface area contributed by atoms with E-state index in [1.165, 1.54) is 7.11 Å². The third-order valence-electron chi connectivity index (χ3n) is 19.1. The van der Waals surface area contributed by atoms with Gasteiger partial charge in [-0.3, -0.25) is 43.2 Å². The normalized spacial score (nSPS) is 29.5. The van der Waals surface area contributed by atoms with Crippen LogP contribution in [0, 0.1) is 32.5 Å². The van der Waals surface area contributed by atoms with Crippen molar-refractivity contribution in [3.63, 3.8) is 0 Å². The van der Waals surface area contributed by atoms with E-state index in [2.05, 4.69) is 0 Å². The lowest BCUT2D eigenvalue weighted by molar-refractivity contribution is -0.194. The number of methoxy groups -OCH3 is 1. The van der Waals surface area contributed by atoms with Crippen LogP contribution in [0.5, 0.6) is 0 Å². The van der Waals surface area contributed by atoms with Gasteiger partial charge in [0.1, 0.15) is 22.4 Å². The zero-order chi connectivity index (χ0) is 70.0. The van der Waals surface area contributed by atoms with E-state index in [-0.39, 0.29) is 96.0 Å². The minimum atomic E-state index is -1.15. The summed E-state index contributed by atoms with van der Waals surface area (Å²) in [6, 6.07) is 0. The maximum absolute atomic E-state index is 12.2. The van der Waals surface area contributed by atoms with E-state index in [0.29, 0.717) is 38.7 Å². The molecule has 0 N–H and O–H groups in total. The summed E-state index contributed by atoms with van der Waals surface area (Å²) in [7, 11) is 1.52. The second-order valence-electron chi connectivity index (χ2n) is 30.8. The molecule has 0 saturated carbocycles. The standard InChI is InChI=1S/C14H24O5.2C13H22O4.C12H20O4.C9H16O2.C7H12O2/c1-7-12(2,3)11(16)19-13(4)8-10(15)18-14(13,5)9-17-6;1-7-11(2,3)9(14)17-13(6)8-12(4,5)16-10(13)15;1-7-11(2,3)10(15)17-13(6)8-9(14)16-12(13,4)5;1-6-11(2,3)10(14)15-8-7-9(13)16-12(8,4)5;1-5-9(4)6-8(2,3)11-7(9)10;1-3-7(2)4-5-9-6(7)8/h7-9H2,1-6H3;2*7-8H2,1-6H3;8H,6-7H2,1-5H3;5-6H2,1-4H3;3-5H2,1-2H3. The maximum atomic E-state index is 12.2. The zero-order valence-electron chi connectivity index (χ0n) is 60.1. The Bertz CT molecular complexity index is 2550. The smallest absolute Gasteiger partial charge is 0.351 e. The molecule has 0 aromatic carbocycles. The predicted octanol–water partition coefficient (Wildman–Crippen LogP) is 12.5. The van der Waals surface area contributed by atoms with Crippen LogP contribution >= 0.6 is 0 Å². The molecule has 0 amide bonds. The summed E-state index contributed by atoms with van der Waals surface area (Å²) in [6.45, 7) is 52.5. The molecule has 6 aliphatic rings. The quantitative estimate of drug-likeness (QED) is 0.103. The first-order valence-electron chi connectivity index (χ1n) is 31.6. The molecule has 6 rings (SSSR count). The van der Waals surface area contributed by atoms with Gasteiger partial charge in [0.05, 0.1) is 65.0 Å². The molecule has 6 fully saturated rings. The highest BCUT2D eigenvalue weighted by Gasteiger charge is 2.60. The molecule has 514 valence electrons. The van der Waals surface area contributed by atoms with Crippen LogP contribution < -0.4 is 0 Å². The Morgan fingerprint density at radius 1 is 0.472 bits per heavy atom. The summed E-state index contributed by atoms with van der Waals surface area (Å²) in [6.07, 6.45) is 6.47. The maximum Gasteiger partial charge on any atom is 0.351 e. The highest BCUT2D eigenvalue weighted by molar-refractivity contribution is 5.87. The van der Waals surface area contributed by atoms with Crippen molar-refractivity contribution in [3.8, 4) is 0 Å². The van der Waals surface area contributed by atoms with Crippen molar-refractivity contribution in [2.75, 3.05) is 20.3 Å². The van der Waals surface area contributed by atoms with E-state index in [9.17, 15) is 47.9 Å². The van der Waals surface area contributed by atoms with Gasteiger partial charge in [-0.05, 0) is 197 Å². The van der Waals surface area contributed by atoms with E-state index in [4.69, 9.17) is 52.1 Å². The summed E-state index contributed by atoms with van der Waals surface area (Å²) in [5, 5.41) is 0. The summed E-state index contributed by atoms with van der Waals surface area (Å²) in [4.78, 5) is 116. The van der Waals surface area contributed by atoms with Crippen molar-refractivity contribution in [1.82, 2.24) is 0 Å². The van der Waals surface area contributed by atoms with Crippen LogP contribution in [-0.2, 0) is 100 Å². The van der Waals surface area contributed by atoms with Crippen molar-refractivity contribution >= 4 is 59.7 Å². The summed E-state index contributed by atoms with van der Waals surface area (Å²) in [5.74, 6) is -2.74. The first-order valence-corrected chi connectivity index (χ1v) is 31.6. The van der Waals surface area contributed by atoms with Crippen molar-refractivity contribution < 1.29 is 100 Å². The van der Waals surface area contributed by atoms with Gasteiger partial charge in [-0.1, -0.05) is 41.5 Å². The molecule has 0 aromatic heterocycles. The first kappa shape index (κ1) is 81.7. The Morgan fingerprint density at radius 3 is 1.19 bits per heavy atom. The number of carbonyl (C=O) groups is 10. The van der Waals surface area contributed by atoms with E-state index in [0.717, 1.165) is 25.7 Å². The molecule has 0 aromatic rings. The van der Waals surface area contributed by atoms with E-state index < -0.39 is 72.9 Å². The van der Waals surface area contributed by atoms with Crippen LogP contribution in [0.25, 0.3) is 0 Å². The molecular weight excluding hydrogens is 1150 g/mol. The first-order chi connectivity index (χ1) is 39.9. The molecule has 6 saturated heterocycles. The van der Waals surface area contributed by atoms with Crippen molar-refractivity contribution in [2.45, 2.75) is 322 Å². The number of cyclic esters (lactones) is 6. The molecule has 0 aliphatic carbocycles. The number of carbonyl (C=O) groups excluding carboxylic acids is 10. The van der Waals surface area contributed by atoms with Crippen LogP contribution in [-0.4, -0.2) is 131 Å². The van der Waals surface area contributed by atoms with Gasteiger partial charge in [-0.25, -0.2) is 4.79 Å². The third-order valence-corrected chi connectivity index (χ3v) is 19.1. The molecule has 7 atom stereocenters. The lowest BCUT2D eigenvalue weighted by Crippen LogP contribution is -2.53. The van der Waals surface area contributed by atoms with Crippen molar-refractivity contribution in [3.05, 3.63) is 0 Å². The minimum Gasteiger partial charge on any atom is -0.465 e. The molecule has 6 heterocycles. The Hall–Kier alpha value is -5.34. The van der Waals surface area contributed by atoms with Gasteiger partial charge in [0.15, 0.2) is 22.9 Å². The SMILES string of the molecule is CCC(C)(C)C(=O)OC1(C)CC(=O)OC1(C)C.CCC(C)(C)C(=O)OC1(C)CC(=O)OC1(C)COC.CCC(C)(C)C(=O)OC1(C)CC(C)(C)OC1=O.CCC(C)(C)C(=O)OC1CC(=O)OC1(C)C.CCC1(C)CC(C)(C)OC1=O.CCC1(C)CCOC1=O. The summed E-state index contributed by atoms with van der Waals surface area (Å²) >= 11 is 0.